The lowest BCUT2D eigenvalue weighted by molar-refractivity contribution is -0.0992. The SMILES string of the molecule is C#CC(OC)C(O)C(O)C(O)CC. The van der Waals surface area contributed by atoms with Crippen LogP contribution in [0.1, 0.15) is 13.3 Å². The maximum atomic E-state index is 9.40. The Morgan fingerprint density at radius 3 is 2.15 bits per heavy atom. The molecule has 0 amide bonds. The summed E-state index contributed by atoms with van der Waals surface area (Å²) < 4.78 is 4.72. The summed E-state index contributed by atoms with van der Waals surface area (Å²) >= 11 is 0. The summed E-state index contributed by atoms with van der Waals surface area (Å²) in [5.74, 6) is 2.17. The van der Waals surface area contributed by atoms with Crippen LogP contribution in [0.5, 0.6) is 0 Å². The summed E-state index contributed by atoms with van der Waals surface area (Å²) in [5.41, 5.74) is 0. The van der Waals surface area contributed by atoms with Gasteiger partial charge in [-0.1, -0.05) is 12.8 Å². The molecule has 13 heavy (non-hydrogen) atoms. The van der Waals surface area contributed by atoms with Gasteiger partial charge in [0.25, 0.3) is 0 Å². The van der Waals surface area contributed by atoms with Crippen LogP contribution in [0.25, 0.3) is 0 Å². The number of methoxy groups -OCH3 is 1. The van der Waals surface area contributed by atoms with Gasteiger partial charge in [-0.2, -0.15) is 0 Å². The topological polar surface area (TPSA) is 69.9 Å². The molecule has 0 spiro atoms. The first-order valence-electron chi connectivity index (χ1n) is 4.11. The summed E-state index contributed by atoms with van der Waals surface area (Å²) in [6.07, 6.45) is 0.973. The van der Waals surface area contributed by atoms with E-state index in [-0.39, 0.29) is 0 Å². The molecule has 0 aliphatic carbocycles. The van der Waals surface area contributed by atoms with Gasteiger partial charge in [0.1, 0.15) is 18.3 Å². The first-order valence-corrected chi connectivity index (χ1v) is 4.11. The van der Waals surface area contributed by atoms with E-state index in [9.17, 15) is 15.3 Å². The molecule has 0 saturated heterocycles. The Morgan fingerprint density at radius 1 is 1.31 bits per heavy atom. The molecule has 4 nitrogen and oxygen atoms in total. The minimum Gasteiger partial charge on any atom is -0.390 e. The standard InChI is InChI=1S/C9H16O4/c1-4-6(10)8(11)9(12)7(5-2)13-3/h2,6-12H,4H2,1,3H3. The number of rotatable bonds is 5. The molecule has 0 rings (SSSR count). The van der Waals surface area contributed by atoms with E-state index < -0.39 is 24.4 Å². The number of hydrogen-bond donors (Lipinski definition) is 3. The Bertz CT molecular complexity index is 175. The zero-order valence-corrected chi connectivity index (χ0v) is 7.84. The number of ether oxygens (including phenoxy) is 1. The van der Waals surface area contributed by atoms with Crippen LogP contribution in [0.4, 0.5) is 0 Å². The van der Waals surface area contributed by atoms with Crippen LogP contribution < -0.4 is 0 Å². The molecule has 4 atom stereocenters. The third kappa shape index (κ3) is 3.33. The predicted molar refractivity (Wildman–Crippen MR) is 47.9 cm³/mol. The van der Waals surface area contributed by atoms with Crippen molar-refractivity contribution in [1.29, 1.82) is 0 Å². The molecule has 4 heteroatoms. The second kappa shape index (κ2) is 5.95. The molecule has 3 N–H and O–H groups in total. The van der Waals surface area contributed by atoms with Crippen molar-refractivity contribution in [1.82, 2.24) is 0 Å². The predicted octanol–water partition coefficient (Wildman–Crippen LogP) is -0.873. The number of aliphatic hydroxyl groups is 3. The van der Waals surface area contributed by atoms with E-state index in [1.807, 2.05) is 0 Å². The quantitative estimate of drug-likeness (QED) is 0.490. The van der Waals surface area contributed by atoms with Crippen molar-refractivity contribution in [3.8, 4) is 12.3 Å². The van der Waals surface area contributed by atoms with E-state index >= 15 is 0 Å². The number of terminal acetylenes is 1. The first kappa shape index (κ1) is 12.4. The van der Waals surface area contributed by atoms with E-state index in [4.69, 9.17) is 11.2 Å². The molecule has 76 valence electrons. The zero-order chi connectivity index (χ0) is 10.4. The van der Waals surface area contributed by atoms with Gasteiger partial charge in [-0.3, -0.25) is 0 Å². The monoisotopic (exact) mass is 188 g/mol. The maximum Gasteiger partial charge on any atom is 0.145 e. The Hall–Kier alpha value is -0.600. The normalized spacial score (nSPS) is 20.0. The third-order valence-electron chi connectivity index (χ3n) is 1.89. The smallest absolute Gasteiger partial charge is 0.145 e. The fourth-order valence-corrected chi connectivity index (χ4v) is 0.954. The molecule has 0 heterocycles. The Labute approximate surface area is 78.2 Å². The van der Waals surface area contributed by atoms with Gasteiger partial charge in [-0.25, -0.2) is 0 Å². The van der Waals surface area contributed by atoms with E-state index in [2.05, 4.69) is 5.92 Å². The van der Waals surface area contributed by atoms with Crippen LogP contribution in [0.2, 0.25) is 0 Å². The first-order chi connectivity index (χ1) is 6.08. The van der Waals surface area contributed by atoms with E-state index in [0.717, 1.165) is 0 Å². The van der Waals surface area contributed by atoms with Crippen molar-refractivity contribution in [2.24, 2.45) is 0 Å². The highest BCUT2D eigenvalue weighted by Crippen LogP contribution is 2.08. The van der Waals surface area contributed by atoms with Crippen LogP contribution in [-0.2, 0) is 4.74 Å². The highest BCUT2D eigenvalue weighted by molar-refractivity contribution is 5.01. The average molecular weight is 188 g/mol. The molecular formula is C9H16O4. The Balaban J connectivity index is 4.23. The lowest BCUT2D eigenvalue weighted by Crippen LogP contribution is -2.44. The van der Waals surface area contributed by atoms with Gasteiger partial charge in [-0.15, -0.1) is 6.42 Å². The molecule has 0 aliphatic rings. The van der Waals surface area contributed by atoms with Crippen LogP contribution in [0.15, 0.2) is 0 Å². The largest absolute Gasteiger partial charge is 0.390 e. The highest BCUT2D eigenvalue weighted by atomic mass is 16.5. The number of hydrogen-bond acceptors (Lipinski definition) is 4. The number of aliphatic hydroxyl groups excluding tert-OH is 3. The summed E-state index contributed by atoms with van der Waals surface area (Å²) in [6.45, 7) is 1.69. The van der Waals surface area contributed by atoms with Crippen molar-refractivity contribution in [3.05, 3.63) is 0 Å². The van der Waals surface area contributed by atoms with Crippen LogP contribution >= 0.6 is 0 Å². The molecule has 0 radical (unpaired) electrons. The van der Waals surface area contributed by atoms with E-state index in [1.54, 1.807) is 6.92 Å². The second-order valence-electron chi connectivity index (χ2n) is 2.78. The Morgan fingerprint density at radius 2 is 1.85 bits per heavy atom. The second-order valence-corrected chi connectivity index (χ2v) is 2.78. The van der Waals surface area contributed by atoms with Gasteiger partial charge < -0.3 is 20.1 Å². The van der Waals surface area contributed by atoms with E-state index in [1.165, 1.54) is 7.11 Å². The van der Waals surface area contributed by atoms with Gasteiger partial charge >= 0.3 is 0 Å². The van der Waals surface area contributed by atoms with Crippen molar-refractivity contribution in [3.63, 3.8) is 0 Å². The van der Waals surface area contributed by atoms with Gasteiger partial charge in [-0.05, 0) is 6.42 Å². The summed E-state index contributed by atoms with van der Waals surface area (Å²) in [5, 5.41) is 27.9. The van der Waals surface area contributed by atoms with Crippen LogP contribution in [0.3, 0.4) is 0 Å². The highest BCUT2D eigenvalue weighted by Gasteiger charge is 2.29. The van der Waals surface area contributed by atoms with Crippen LogP contribution in [-0.4, -0.2) is 46.8 Å². The molecule has 0 aliphatic heterocycles. The minimum atomic E-state index is -1.27. The van der Waals surface area contributed by atoms with Crippen LogP contribution in [0, 0.1) is 12.3 Å². The Kier molecular flexibility index (Phi) is 5.67. The average Bonchev–Trinajstić information content (AvgIpc) is 2.17. The van der Waals surface area contributed by atoms with Crippen molar-refractivity contribution in [2.75, 3.05) is 7.11 Å². The van der Waals surface area contributed by atoms with Gasteiger partial charge in [0.15, 0.2) is 0 Å². The minimum absolute atomic E-state index is 0.346. The maximum absolute atomic E-state index is 9.40. The molecule has 0 aromatic rings. The molecule has 0 bridgehead atoms. The van der Waals surface area contributed by atoms with Gasteiger partial charge in [0, 0.05) is 7.11 Å². The van der Waals surface area contributed by atoms with Crippen molar-refractivity contribution < 1.29 is 20.1 Å². The third-order valence-corrected chi connectivity index (χ3v) is 1.89. The van der Waals surface area contributed by atoms with Gasteiger partial charge in [0.2, 0.25) is 0 Å². The van der Waals surface area contributed by atoms with Crippen molar-refractivity contribution in [2.45, 2.75) is 37.8 Å². The van der Waals surface area contributed by atoms with Crippen molar-refractivity contribution >= 4 is 0 Å². The molecular weight excluding hydrogens is 172 g/mol. The lowest BCUT2D eigenvalue weighted by atomic mass is 10.0. The molecule has 0 aromatic heterocycles. The summed E-state index contributed by atoms with van der Waals surface area (Å²) in [4.78, 5) is 0. The molecule has 4 unspecified atom stereocenters. The molecule has 0 saturated carbocycles. The fourth-order valence-electron chi connectivity index (χ4n) is 0.954. The summed E-state index contributed by atoms with van der Waals surface area (Å²) in [7, 11) is 1.33. The molecule has 0 fully saturated rings. The van der Waals surface area contributed by atoms with Gasteiger partial charge in [0.05, 0.1) is 6.10 Å². The fraction of sp³-hybridized carbons (Fsp3) is 0.778. The molecule has 0 aromatic carbocycles. The zero-order valence-electron chi connectivity index (χ0n) is 7.84. The van der Waals surface area contributed by atoms with E-state index in [0.29, 0.717) is 6.42 Å². The summed E-state index contributed by atoms with van der Waals surface area (Å²) in [6, 6.07) is 0. The lowest BCUT2D eigenvalue weighted by Gasteiger charge is -2.25.